The standard InChI is InChI=1S/C29H27N3O3/c1-19-7-4-9-21(15-19)22-10-5-8-20(16-22)18-30-27(33)23-11-6-12-24(17-23)32-29(35)26-14-3-2-13-25(26)28(34)31-32/h2-12,15-17,25-26H,13-14,18H2,1H3,(H,30,33)(H,31,34). The summed E-state index contributed by atoms with van der Waals surface area (Å²) < 4.78 is 0. The highest BCUT2D eigenvalue weighted by Gasteiger charge is 2.42. The van der Waals surface area contributed by atoms with E-state index < -0.39 is 0 Å². The van der Waals surface area contributed by atoms with Gasteiger partial charge >= 0.3 is 0 Å². The predicted molar refractivity (Wildman–Crippen MR) is 135 cm³/mol. The average Bonchev–Trinajstić information content (AvgIpc) is 2.89. The van der Waals surface area contributed by atoms with Gasteiger partial charge in [0.05, 0.1) is 17.5 Å². The van der Waals surface area contributed by atoms with E-state index in [0.717, 1.165) is 16.7 Å². The number of carbonyl (C=O) groups is 3. The van der Waals surface area contributed by atoms with Crippen LogP contribution in [-0.4, -0.2) is 17.7 Å². The minimum absolute atomic E-state index is 0.149. The van der Waals surface area contributed by atoms with Gasteiger partial charge in [-0.05, 0) is 60.7 Å². The Bertz CT molecular complexity index is 1330. The third kappa shape index (κ3) is 4.73. The second kappa shape index (κ2) is 9.58. The molecular weight excluding hydrogens is 438 g/mol. The zero-order valence-electron chi connectivity index (χ0n) is 19.5. The lowest BCUT2D eigenvalue weighted by Gasteiger charge is -2.38. The summed E-state index contributed by atoms with van der Waals surface area (Å²) >= 11 is 0. The van der Waals surface area contributed by atoms with Gasteiger partial charge in [-0.15, -0.1) is 0 Å². The van der Waals surface area contributed by atoms with E-state index in [1.165, 1.54) is 10.6 Å². The first kappa shape index (κ1) is 22.6. The molecule has 2 N–H and O–H groups in total. The number of anilines is 1. The van der Waals surface area contributed by atoms with Crippen LogP contribution in [0.2, 0.25) is 0 Å². The van der Waals surface area contributed by atoms with Crippen LogP contribution in [0.1, 0.15) is 34.3 Å². The summed E-state index contributed by atoms with van der Waals surface area (Å²) in [5.74, 6) is -1.26. The van der Waals surface area contributed by atoms with E-state index in [1.807, 2.05) is 30.4 Å². The van der Waals surface area contributed by atoms with Crippen molar-refractivity contribution in [3.05, 3.63) is 102 Å². The van der Waals surface area contributed by atoms with Gasteiger partial charge in [-0.1, -0.05) is 66.2 Å². The zero-order valence-corrected chi connectivity index (χ0v) is 19.5. The van der Waals surface area contributed by atoms with Gasteiger partial charge in [-0.3, -0.25) is 19.8 Å². The molecule has 1 aliphatic carbocycles. The zero-order chi connectivity index (χ0) is 24.4. The molecule has 1 saturated heterocycles. The summed E-state index contributed by atoms with van der Waals surface area (Å²) in [6, 6.07) is 23.2. The number of hydrazine groups is 1. The van der Waals surface area contributed by atoms with Crippen molar-refractivity contribution in [2.24, 2.45) is 11.8 Å². The molecular formula is C29H27N3O3. The molecule has 0 spiro atoms. The lowest BCUT2D eigenvalue weighted by molar-refractivity contribution is -0.139. The van der Waals surface area contributed by atoms with Gasteiger partial charge in [0.1, 0.15) is 0 Å². The van der Waals surface area contributed by atoms with E-state index in [0.29, 0.717) is 30.6 Å². The maximum atomic E-state index is 13.0. The number of nitrogens with zero attached hydrogens (tertiary/aromatic N) is 1. The van der Waals surface area contributed by atoms with Crippen LogP contribution in [-0.2, 0) is 16.1 Å². The van der Waals surface area contributed by atoms with Crippen LogP contribution in [0.4, 0.5) is 5.69 Å². The summed E-state index contributed by atoms with van der Waals surface area (Å²) in [5.41, 5.74) is 8.02. The van der Waals surface area contributed by atoms with Gasteiger partial charge < -0.3 is 5.32 Å². The fourth-order valence-corrected chi connectivity index (χ4v) is 4.74. The van der Waals surface area contributed by atoms with E-state index in [-0.39, 0.29) is 29.6 Å². The maximum Gasteiger partial charge on any atom is 0.251 e. The van der Waals surface area contributed by atoms with E-state index in [2.05, 4.69) is 48.0 Å². The molecule has 0 radical (unpaired) electrons. The molecule has 35 heavy (non-hydrogen) atoms. The van der Waals surface area contributed by atoms with Crippen molar-refractivity contribution in [1.82, 2.24) is 10.7 Å². The largest absolute Gasteiger partial charge is 0.348 e. The van der Waals surface area contributed by atoms with Crippen molar-refractivity contribution in [1.29, 1.82) is 0 Å². The number of allylic oxidation sites excluding steroid dienone is 2. The predicted octanol–water partition coefficient (Wildman–Crippen LogP) is 4.55. The van der Waals surface area contributed by atoms with Crippen molar-refractivity contribution in [3.8, 4) is 11.1 Å². The molecule has 6 nitrogen and oxygen atoms in total. The van der Waals surface area contributed by atoms with Crippen LogP contribution in [0.3, 0.4) is 0 Å². The van der Waals surface area contributed by atoms with Gasteiger partial charge in [-0.25, -0.2) is 5.01 Å². The number of aryl methyl sites for hydroxylation is 1. The summed E-state index contributed by atoms with van der Waals surface area (Å²) in [4.78, 5) is 38.5. The smallest absolute Gasteiger partial charge is 0.251 e. The van der Waals surface area contributed by atoms with E-state index >= 15 is 0 Å². The van der Waals surface area contributed by atoms with E-state index in [9.17, 15) is 14.4 Å². The molecule has 2 unspecified atom stereocenters. The Hall–Kier alpha value is -4.19. The molecule has 3 aromatic rings. The molecule has 2 aliphatic rings. The fraction of sp³-hybridized carbons (Fsp3) is 0.207. The third-order valence-electron chi connectivity index (χ3n) is 6.63. The molecule has 6 heteroatoms. The Balaban J connectivity index is 1.28. The van der Waals surface area contributed by atoms with Crippen LogP contribution in [0.25, 0.3) is 11.1 Å². The van der Waals surface area contributed by atoms with Crippen LogP contribution in [0, 0.1) is 18.8 Å². The highest BCUT2D eigenvalue weighted by molar-refractivity contribution is 6.05. The number of fused-ring (bicyclic) bond motifs is 1. The highest BCUT2D eigenvalue weighted by atomic mass is 16.2. The summed E-state index contributed by atoms with van der Waals surface area (Å²) in [7, 11) is 0. The average molecular weight is 466 g/mol. The first-order valence-corrected chi connectivity index (χ1v) is 11.8. The quantitative estimate of drug-likeness (QED) is 0.543. The third-order valence-corrected chi connectivity index (χ3v) is 6.63. The molecule has 2 atom stereocenters. The SMILES string of the molecule is Cc1cccc(-c2cccc(CNC(=O)c3cccc(N4NC(=O)C5CC=CCC5C4=O)c3)c2)c1. The van der Waals surface area contributed by atoms with Gasteiger partial charge in [-0.2, -0.15) is 0 Å². The van der Waals surface area contributed by atoms with Crippen LogP contribution < -0.4 is 15.8 Å². The number of nitrogens with one attached hydrogen (secondary N) is 2. The summed E-state index contributed by atoms with van der Waals surface area (Å²) in [6.07, 6.45) is 5.03. The lowest BCUT2D eigenvalue weighted by Crippen LogP contribution is -2.59. The topological polar surface area (TPSA) is 78.5 Å². The summed E-state index contributed by atoms with van der Waals surface area (Å²) in [6.45, 7) is 2.44. The number of benzene rings is 3. The number of hydrogen-bond acceptors (Lipinski definition) is 3. The second-order valence-electron chi connectivity index (χ2n) is 9.11. The second-order valence-corrected chi connectivity index (χ2v) is 9.11. The van der Waals surface area contributed by atoms with Crippen LogP contribution in [0.15, 0.2) is 84.9 Å². The summed E-state index contributed by atoms with van der Waals surface area (Å²) in [5, 5.41) is 4.24. The lowest BCUT2D eigenvalue weighted by atomic mass is 9.80. The Morgan fingerprint density at radius 3 is 2.43 bits per heavy atom. The molecule has 176 valence electrons. The number of hydrogen-bond donors (Lipinski definition) is 2. The molecule has 1 heterocycles. The number of amides is 3. The molecule has 5 rings (SSSR count). The molecule has 3 aromatic carbocycles. The van der Waals surface area contributed by atoms with Crippen molar-refractivity contribution >= 4 is 23.4 Å². The Morgan fingerprint density at radius 2 is 1.63 bits per heavy atom. The Labute approximate surface area is 204 Å². The van der Waals surface area contributed by atoms with Gasteiger partial charge in [0, 0.05) is 12.1 Å². The monoisotopic (exact) mass is 465 g/mol. The Morgan fingerprint density at radius 1 is 0.914 bits per heavy atom. The minimum atomic E-state index is -0.369. The maximum absolute atomic E-state index is 13.0. The van der Waals surface area contributed by atoms with E-state index in [1.54, 1.807) is 24.3 Å². The molecule has 1 aliphatic heterocycles. The highest BCUT2D eigenvalue weighted by Crippen LogP contribution is 2.32. The molecule has 0 bridgehead atoms. The number of rotatable bonds is 5. The first-order chi connectivity index (χ1) is 17.0. The molecule has 0 aromatic heterocycles. The van der Waals surface area contributed by atoms with Crippen LogP contribution >= 0.6 is 0 Å². The van der Waals surface area contributed by atoms with Crippen LogP contribution in [0.5, 0.6) is 0 Å². The fourth-order valence-electron chi connectivity index (χ4n) is 4.74. The minimum Gasteiger partial charge on any atom is -0.348 e. The first-order valence-electron chi connectivity index (χ1n) is 11.8. The van der Waals surface area contributed by atoms with Gasteiger partial charge in [0.15, 0.2) is 0 Å². The Kier molecular flexibility index (Phi) is 6.19. The van der Waals surface area contributed by atoms with Gasteiger partial charge in [0.25, 0.3) is 5.91 Å². The van der Waals surface area contributed by atoms with E-state index in [4.69, 9.17) is 0 Å². The number of carbonyl (C=O) groups excluding carboxylic acids is 3. The van der Waals surface area contributed by atoms with Crippen molar-refractivity contribution < 1.29 is 14.4 Å². The normalized spacial score (nSPS) is 19.2. The van der Waals surface area contributed by atoms with Crippen molar-refractivity contribution in [3.63, 3.8) is 0 Å². The van der Waals surface area contributed by atoms with Crippen molar-refractivity contribution in [2.45, 2.75) is 26.3 Å². The molecule has 1 fully saturated rings. The van der Waals surface area contributed by atoms with Crippen molar-refractivity contribution in [2.75, 3.05) is 5.01 Å². The van der Waals surface area contributed by atoms with Gasteiger partial charge in [0.2, 0.25) is 11.8 Å². The molecule has 0 saturated carbocycles. The molecule has 3 amide bonds.